The van der Waals surface area contributed by atoms with Gasteiger partial charge in [-0.1, -0.05) is 12.1 Å². The van der Waals surface area contributed by atoms with Crippen LogP contribution in [-0.4, -0.2) is 34.3 Å². The number of ether oxygens (including phenoxy) is 1. The van der Waals surface area contributed by atoms with Crippen LogP contribution in [0.25, 0.3) is 0 Å². The van der Waals surface area contributed by atoms with Crippen LogP contribution in [0, 0.1) is 0 Å². The minimum atomic E-state index is -3.15. The van der Waals surface area contributed by atoms with Crippen molar-refractivity contribution in [3.8, 4) is 0 Å². The first kappa shape index (κ1) is 13.7. The van der Waals surface area contributed by atoms with Gasteiger partial charge in [0.15, 0.2) is 9.84 Å². The van der Waals surface area contributed by atoms with Gasteiger partial charge in [-0.15, -0.1) is 0 Å². The van der Waals surface area contributed by atoms with Crippen molar-refractivity contribution in [3.05, 3.63) is 29.8 Å². The van der Waals surface area contributed by atoms with Gasteiger partial charge < -0.3 is 10.1 Å². The summed E-state index contributed by atoms with van der Waals surface area (Å²) in [7, 11) is -1.83. The fourth-order valence-electron chi connectivity index (χ4n) is 1.24. The lowest BCUT2D eigenvalue weighted by Gasteiger charge is -2.04. The van der Waals surface area contributed by atoms with Crippen LogP contribution in [0.15, 0.2) is 29.2 Å². The molecule has 0 saturated heterocycles. The number of methoxy groups -OCH3 is 1. The molecule has 1 aromatic carbocycles. The number of hydrogen-bond donors (Lipinski definition) is 1. The third-order valence-electron chi connectivity index (χ3n) is 2.18. The molecule has 17 heavy (non-hydrogen) atoms. The molecular weight excluding hydrogens is 242 g/mol. The fraction of sp³-hybridized carbons (Fsp3) is 0.364. The Morgan fingerprint density at radius 3 is 2.35 bits per heavy atom. The Hall–Kier alpha value is -1.40. The second-order valence-corrected chi connectivity index (χ2v) is 5.61. The molecule has 0 aliphatic rings. The predicted molar refractivity (Wildman–Crippen MR) is 63.3 cm³/mol. The van der Waals surface area contributed by atoms with Gasteiger partial charge in [0, 0.05) is 12.8 Å². The van der Waals surface area contributed by atoms with Crippen LogP contribution in [0.1, 0.15) is 5.56 Å². The standard InChI is InChI=1S/C11H15NO4S/c1-16-11(13)8-12-7-9-3-5-10(6-4-9)17(2,14)15/h3-6,12H,7-8H2,1-2H3. The van der Waals surface area contributed by atoms with E-state index in [4.69, 9.17) is 0 Å². The van der Waals surface area contributed by atoms with E-state index in [0.29, 0.717) is 6.54 Å². The number of nitrogens with one attached hydrogen (secondary N) is 1. The van der Waals surface area contributed by atoms with E-state index >= 15 is 0 Å². The summed E-state index contributed by atoms with van der Waals surface area (Å²) in [4.78, 5) is 11.1. The molecule has 0 radical (unpaired) electrons. The lowest BCUT2D eigenvalue weighted by Crippen LogP contribution is -2.23. The van der Waals surface area contributed by atoms with Gasteiger partial charge >= 0.3 is 5.97 Å². The predicted octanol–water partition coefficient (Wildman–Crippen LogP) is 0.353. The highest BCUT2D eigenvalue weighted by molar-refractivity contribution is 7.90. The van der Waals surface area contributed by atoms with Gasteiger partial charge in [0.05, 0.1) is 18.6 Å². The Kier molecular flexibility index (Phi) is 4.65. The largest absolute Gasteiger partial charge is 0.468 e. The fourth-order valence-corrected chi connectivity index (χ4v) is 1.87. The van der Waals surface area contributed by atoms with Gasteiger partial charge in [-0.2, -0.15) is 0 Å². The molecule has 0 aliphatic heterocycles. The Morgan fingerprint density at radius 1 is 1.29 bits per heavy atom. The summed E-state index contributed by atoms with van der Waals surface area (Å²) in [5, 5.41) is 2.89. The summed E-state index contributed by atoms with van der Waals surface area (Å²) in [6.45, 7) is 0.615. The molecule has 0 aliphatic carbocycles. The second kappa shape index (κ2) is 5.79. The van der Waals surface area contributed by atoms with Crippen molar-refractivity contribution in [1.29, 1.82) is 0 Å². The van der Waals surface area contributed by atoms with E-state index in [2.05, 4.69) is 10.1 Å². The van der Waals surface area contributed by atoms with Crippen molar-refractivity contribution in [2.45, 2.75) is 11.4 Å². The summed E-state index contributed by atoms with van der Waals surface area (Å²) >= 11 is 0. The van der Waals surface area contributed by atoms with E-state index in [1.165, 1.54) is 7.11 Å². The molecule has 0 spiro atoms. The minimum Gasteiger partial charge on any atom is -0.468 e. The lowest BCUT2D eigenvalue weighted by atomic mass is 10.2. The SMILES string of the molecule is COC(=O)CNCc1ccc(S(C)(=O)=O)cc1. The summed E-state index contributed by atoms with van der Waals surface area (Å²) in [6, 6.07) is 6.51. The zero-order chi connectivity index (χ0) is 12.9. The Labute approximate surface area is 101 Å². The summed E-state index contributed by atoms with van der Waals surface area (Å²) < 4.78 is 26.9. The summed E-state index contributed by atoms with van der Waals surface area (Å²) in [5.74, 6) is -0.335. The van der Waals surface area contributed by atoms with Gasteiger partial charge in [0.1, 0.15) is 0 Å². The van der Waals surface area contributed by atoms with Crippen molar-refractivity contribution in [2.24, 2.45) is 0 Å². The van der Waals surface area contributed by atoms with E-state index in [-0.39, 0.29) is 17.4 Å². The van der Waals surface area contributed by atoms with Crippen molar-refractivity contribution in [3.63, 3.8) is 0 Å². The van der Waals surface area contributed by atoms with Crippen molar-refractivity contribution in [1.82, 2.24) is 5.32 Å². The number of benzene rings is 1. The molecule has 1 rings (SSSR count). The molecule has 0 aromatic heterocycles. The second-order valence-electron chi connectivity index (χ2n) is 3.60. The highest BCUT2D eigenvalue weighted by atomic mass is 32.2. The first-order valence-corrected chi connectivity index (χ1v) is 6.89. The van der Waals surface area contributed by atoms with E-state index < -0.39 is 9.84 Å². The number of carbonyl (C=O) groups excluding carboxylic acids is 1. The number of sulfone groups is 1. The zero-order valence-electron chi connectivity index (χ0n) is 9.76. The van der Waals surface area contributed by atoms with Crippen LogP contribution in [0.4, 0.5) is 0 Å². The van der Waals surface area contributed by atoms with Gasteiger partial charge in [-0.05, 0) is 17.7 Å². The molecule has 0 heterocycles. The van der Waals surface area contributed by atoms with E-state index in [1.807, 2.05) is 0 Å². The third kappa shape index (κ3) is 4.54. The molecule has 1 aromatic rings. The van der Waals surface area contributed by atoms with Crippen LogP contribution in [0.5, 0.6) is 0 Å². The molecule has 0 atom stereocenters. The zero-order valence-corrected chi connectivity index (χ0v) is 10.6. The highest BCUT2D eigenvalue weighted by Crippen LogP contribution is 2.09. The summed E-state index contributed by atoms with van der Waals surface area (Å²) in [5.41, 5.74) is 0.904. The van der Waals surface area contributed by atoms with E-state index in [9.17, 15) is 13.2 Å². The Morgan fingerprint density at radius 2 is 1.88 bits per heavy atom. The van der Waals surface area contributed by atoms with Crippen LogP contribution in [0.3, 0.4) is 0 Å². The first-order chi connectivity index (χ1) is 7.93. The maximum Gasteiger partial charge on any atom is 0.319 e. The van der Waals surface area contributed by atoms with Crippen molar-refractivity contribution < 1.29 is 17.9 Å². The average molecular weight is 257 g/mol. The first-order valence-electron chi connectivity index (χ1n) is 5.00. The van der Waals surface area contributed by atoms with Crippen LogP contribution in [-0.2, 0) is 25.9 Å². The molecule has 94 valence electrons. The smallest absolute Gasteiger partial charge is 0.319 e. The van der Waals surface area contributed by atoms with Gasteiger partial charge in [-0.3, -0.25) is 4.79 Å². The Bertz CT molecular complexity index is 479. The van der Waals surface area contributed by atoms with Crippen molar-refractivity contribution >= 4 is 15.8 Å². The van der Waals surface area contributed by atoms with Crippen LogP contribution >= 0.6 is 0 Å². The minimum absolute atomic E-state index is 0.129. The molecule has 0 bridgehead atoms. The molecule has 6 heteroatoms. The van der Waals surface area contributed by atoms with Crippen LogP contribution < -0.4 is 5.32 Å². The maximum absolute atomic E-state index is 11.2. The molecule has 0 unspecified atom stereocenters. The van der Waals surface area contributed by atoms with Crippen molar-refractivity contribution in [2.75, 3.05) is 19.9 Å². The number of esters is 1. The maximum atomic E-state index is 11.2. The van der Waals surface area contributed by atoms with Crippen LogP contribution in [0.2, 0.25) is 0 Å². The molecule has 0 saturated carbocycles. The monoisotopic (exact) mass is 257 g/mol. The number of hydrogen-bond acceptors (Lipinski definition) is 5. The molecule has 0 fully saturated rings. The molecule has 5 nitrogen and oxygen atoms in total. The highest BCUT2D eigenvalue weighted by Gasteiger charge is 2.06. The Balaban J connectivity index is 2.55. The third-order valence-corrected chi connectivity index (χ3v) is 3.31. The van der Waals surface area contributed by atoms with Gasteiger partial charge in [0.2, 0.25) is 0 Å². The molecular formula is C11H15NO4S. The van der Waals surface area contributed by atoms with E-state index in [0.717, 1.165) is 11.8 Å². The van der Waals surface area contributed by atoms with Gasteiger partial charge in [-0.25, -0.2) is 8.42 Å². The average Bonchev–Trinajstić information content (AvgIpc) is 2.28. The topological polar surface area (TPSA) is 72.5 Å². The summed E-state index contributed by atoms with van der Waals surface area (Å²) in [6.07, 6.45) is 1.16. The lowest BCUT2D eigenvalue weighted by molar-refractivity contribution is -0.139. The van der Waals surface area contributed by atoms with E-state index in [1.54, 1.807) is 24.3 Å². The molecule has 1 N–H and O–H groups in total. The van der Waals surface area contributed by atoms with Gasteiger partial charge in [0.25, 0.3) is 0 Å². The number of carbonyl (C=O) groups is 1. The number of rotatable bonds is 5. The quantitative estimate of drug-likeness (QED) is 0.771. The molecule has 0 amide bonds. The normalized spacial score (nSPS) is 11.2.